The van der Waals surface area contributed by atoms with Gasteiger partial charge >= 0.3 is 0 Å². The third-order valence-corrected chi connectivity index (χ3v) is 8.10. The van der Waals surface area contributed by atoms with E-state index in [0.29, 0.717) is 6.07 Å². The molecule has 0 N–H and O–H groups in total. The number of fused-ring (bicyclic) bond motifs is 6. The van der Waals surface area contributed by atoms with E-state index in [1.807, 2.05) is 0 Å². The molecule has 0 saturated carbocycles. The predicted molar refractivity (Wildman–Crippen MR) is 214 cm³/mol. The molecule has 0 aliphatic heterocycles. The highest BCUT2D eigenvalue weighted by atomic mass is 16.3. The van der Waals surface area contributed by atoms with E-state index in [1.165, 1.54) is 0 Å². The SMILES string of the molecule is [2H]c1c([2H])c([2H])c(-c2nc(-c3c([2H])c(-c4c([2H])c([2H])c([2H])c([2H])c4[2H])c([2H])c(-c4c([2H])c([2H])c5oc6c([2H])c([2H])c([2H])c([2H])c6c5c4[2H])c3[2H])cc(-c3c([2H])c([2H])c4c(c3[2H])C(C([2H])([2H])[2H])(C([2H])([2H])[2H])c3c([2H])c([2H])c([2H])c([2H])c3-4)n2)c([2H])c1[2H]. The molecular weight excluding hydrogens is 633 g/mol. The minimum atomic E-state index is -3.92. The van der Waals surface area contributed by atoms with Crippen LogP contribution < -0.4 is 0 Å². The third kappa shape index (κ3) is 4.97. The highest BCUT2D eigenvalue weighted by Gasteiger charge is 2.35. The predicted octanol–water partition coefficient (Wildman–Crippen LogP) is 13.0. The molecule has 10 rings (SSSR count). The van der Waals surface area contributed by atoms with Crippen molar-refractivity contribution in [3.63, 3.8) is 0 Å². The van der Waals surface area contributed by atoms with Crippen LogP contribution in [0.25, 0.3) is 89.2 Å². The first-order valence-corrected chi connectivity index (χ1v) is 15.1. The quantitative estimate of drug-likeness (QED) is 0.179. The van der Waals surface area contributed by atoms with Crippen LogP contribution in [0.5, 0.6) is 0 Å². The van der Waals surface area contributed by atoms with Crippen LogP contribution >= 0.6 is 0 Å². The van der Waals surface area contributed by atoms with Crippen LogP contribution in [-0.4, -0.2) is 9.97 Å². The molecule has 1 aliphatic rings. The number of hydrogen-bond acceptors (Lipinski definition) is 3. The zero-order chi connectivity index (χ0) is 63.3. The van der Waals surface area contributed by atoms with Crippen LogP contribution in [0, 0.1) is 0 Å². The number of hydrogen-bond donors (Lipinski definition) is 0. The molecule has 2 aromatic heterocycles. The Bertz CT molecular complexity index is 4530. The van der Waals surface area contributed by atoms with E-state index in [-0.39, 0.29) is 0 Å². The second kappa shape index (κ2) is 11.8. The van der Waals surface area contributed by atoms with Gasteiger partial charge in [-0.25, -0.2) is 9.97 Å². The Morgan fingerprint density at radius 3 is 1.88 bits per heavy atom. The van der Waals surface area contributed by atoms with E-state index in [1.54, 1.807) is 0 Å². The Kier molecular flexibility index (Phi) is 2.65. The van der Waals surface area contributed by atoms with E-state index >= 15 is 0 Å². The van der Waals surface area contributed by atoms with Crippen molar-refractivity contribution in [2.75, 3.05) is 0 Å². The zero-order valence-electron chi connectivity index (χ0n) is 58.9. The van der Waals surface area contributed by atoms with E-state index in [4.69, 9.17) is 38.7 Å². The van der Waals surface area contributed by atoms with Crippen LogP contribution in [0.2, 0.25) is 0 Å². The van der Waals surface area contributed by atoms with Gasteiger partial charge in [0.05, 0.1) is 48.4 Å². The molecule has 0 spiro atoms. The van der Waals surface area contributed by atoms with Crippen molar-refractivity contribution in [1.29, 1.82) is 0 Å². The Morgan fingerprint density at radius 2 is 1.08 bits per heavy atom. The molecule has 0 fully saturated rings. The summed E-state index contributed by atoms with van der Waals surface area (Å²) in [4.78, 5) is 8.79. The molecule has 0 atom stereocenters. The van der Waals surface area contributed by atoms with Crippen molar-refractivity contribution in [2.45, 2.75) is 19.1 Å². The van der Waals surface area contributed by atoms with Gasteiger partial charge in [0.15, 0.2) is 5.82 Å². The number of furan rings is 1. The van der Waals surface area contributed by atoms with Crippen molar-refractivity contribution < 1.29 is 49.7 Å². The first-order chi connectivity index (χ1) is 39.3. The fraction of sp³-hybridized carbons (Fsp3) is 0.0612. The highest BCUT2D eigenvalue weighted by Crippen LogP contribution is 2.49. The Balaban J connectivity index is 1.45. The van der Waals surface area contributed by atoms with Gasteiger partial charge in [-0.2, -0.15) is 0 Å². The average molecular weight is 700 g/mol. The smallest absolute Gasteiger partial charge is 0.160 e. The molecule has 0 amide bonds. The van der Waals surface area contributed by atoms with Crippen LogP contribution in [0.4, 0.5) is 0 Å². The zero-order valence-corrected chi connectivity index (χ0v) is 25.9. The molecule has 246 valence electrons. The average Bonchev–Trinajstić information content (AvgIpc) is 1.53. The fourth-order valence-electron chi connectivity index (χ4n) is 5.74. The minimum absolute atomic E-state index is 0.506. The van der Waals surface area contributed by atoms with Crippen molar-refractivity contribution in [3.8, 4) is 67.3 Å². The monoisotopic (exact) mass is 699 g/mol. The molecule has 52 heavy (non-hydrogen) atoms. The van der Waals surface area contributed by atoms with E-state index in [2.05, 4.69) is 9.97 Å². The van der Waals surface area contributed by atoms with Crippen LogP contribution in [0.3, 0.4) is 0 Å². The largest absolute Gasteiger partial charge is 0.456 e. The van der Waals surface area contributed by atoms with Gasteiger partial charge in [-0.05, 0) is 92.9 Å². The highest BCUT2D eigenvalue weighted by molar-refractivity contribution is 6.06. The summed E-state index contributed by atoms with van der Waals surface area (Å²) in [5, 5.41) is -1.08. The molecule has 9 aromatic rings. The number of benzene rings is 7. The summed E-state index contributed by atoms with van der Waals surface area (Å²) >= 11 is 0. The Labute approximate surface area is 349 Å². The lowest BCUT2D eigenvalue weighted by molar-refractivity contribution is 0.660. The molecule has 0 unspecified atom stereocenters. The van der Waals surface area contributed by atoms with Gasteiger partial charge < -0.3 is 4.42 Å². The first-order valence-electron chi connectivity index (χ1n) is 31.6. The molecule has 7 aromatic carbocycles. The van der Waals surface area contributed by atoms with Gasteiger partial charge in [-0.15, -0.1) is 0 Å². The molecule has 0 radical (unpaired) electrons. The third-order valence-electron chi connectivity index (χ3n) is 8.10. The van der Waals surface area contributed by atoms with Gasteiger partial charge in [0, 0.05) is 41.1 Å². The maximum Gasteiger partial charge on any atom is 0.160 e. The van der Waals surface area contributed by atoms with Gasteiger partial charge in [0.25, 0.3) is 0 Å². The van der Waals surface area contributed by atoms with Gasteiger partial charge in [-0.1, -0.05) is 135 Å². The van der Waals surface area contributed by atoms with Gasteiger partial charge in [0.1, 0.15) is 11.2 Å². The maximum atomic E-state index is 9.99. The topological polar surface area (TPSA) is 38.9 Å². The summed E-state index contributed by atoms with van der Waals surface area (Å²) < 4.78 is 301. The Hall–Kier alpha value is -6.58. The molecule has 1 aliphatic carbocycles. The van der Waals surface area contributed by atoms with Crippen molar-refractivity contribution in [2.24, 2.45) is 0 Å². The Morgan fingerprint density at radius 1 is 0.462 bits per heavy atom. The summed E-state index contributed by atoms with van der Waals surface area (Å²) in [5.41, 5.74) is -17.4. The minimum Gasteiger partial charge on any atom is -0.456 e. The molecular formula is C49H34N2O. The number of para-hydroxylation sites is 1. The number of aromatic nitrogens is 2. The molecule has 3 nitrogen and oxygen atoms in total. The summed E-state index contributed by atoms with van der Waals surface area (Å²) in [6.45, 7) is -7.83. The number of nitrogens with zero attached hydrogens (tertiary/aromatic N) is 2. The van der Waals surface area contributed by atoms with Crippen LogP contribution in [-0.2, 0) is 5.41 Å². The number of rotatable bonds is 5. The molecule has 2 heterocycles. The lowest BCUT2D eigenvalue weighted by atomic mass is 9.82. The summed E-state index contributed by atoms with van der Waals surface area (Å²) in [6.07, 6.45) is 0. The van der Waals surface area contributed by atoms with Gasteiger partial charge in [0.2, 0.25) is 0 Å². The first kappa shape index (κ1) is 11.7. The molecule has 3 heteroatoms. The van der Waals surface area contributed by atoms with E-state index < -0.39 is 283 Å². The second-order valence-electron chi connectivity index (χ2n) is 11.2. The van der Waals surface area contributed by atoms with Crippen molar-refractivity contribution >= 4 is 21.9 Å². The van der Waals surface area contributed by atoms with Crippen molar-refractivity contribution in [1.82, 2.24) is 9.97 Å². The van der Waals surface area contributed by atoms with Gasteiger partial charge in [-0.3, -0.25) is 0 Å². The second-order valence-corrected chi connectivity index (χ2v) is 11.2. The van der Waals surface area contributed by atoms with E-state index in [0.717, 1.165) is 0 Å². The van der Waals surface area contributed by atoms with E-state index in [9.17, 15) is 11.0 Å². The lowest BCUT2D eigenvalue weighted by Crippen LogP contribution is -2.14. The lowest BCUT2D eigenvalue weighted by Gasteiger charge is -2.22. The van der Waals surface area contributed by atoms with Crippen LogP contribution in [0.15, 0.2) is 174 Å². The summed E-state index contributed by atoms with van der Waals surface area (Å²) in [6, 6.07) is -27.3. The molecule has 0 bridgehead atoms. The van der Waals surface area contributed by atoms with Crippen molar-refractivity contribution in [3.05, 3.63) is 180 Å². The maximum absolute atomic E-state index is 9.99. The molecule has 0 saturated heterocycles. The fourth-order valence-corrected chi connectivity index (χ4v) is 5.74. The standard InChI is InChI=1S/C49H34N2O/c1-49(2)42-19-11-9-17-38(42)39-23-21-34(29-43(39)49)44-30-45(51-48(50-44)32-15-7-4-8-16-32)37-26-35(31-13-5-3-6-14-31)25-36(27-37)33-22-24-47-41(28-33)40-18-10-12-20-46(40)52-47/h3-30H,1-2H3/i1D3,2D3,3D,4D,5D,6D,7D,8D,9D,10D,11D,12D,13D,14D,15D,16D,17D,18D,19D,20D,21D,22D,23D,24D,25D,26D,27D,28D,29D. The normalized spacial score (nSPS) is 22.4. The summed E-state index contributed by atoms with van der Waals surface area (Å²) in [7, 11) is 0. The van der Waals surface area contributed by atoms with Crippen LogP contribution in [0.1, 0.15) is 70.1 Å². The summed E-state index contributed by atoms with van der Waals surface area (Å²) in [5.74, 6) is -1.02.